The van der Waals surface area contributed by atoms with Crippen LogP contribution < -0.4 is 0 Å². The fourth-order valence-electron chi connectivity index (χ4n) is 5.37. The van der Waals surface area contributed by atoms with Gasteiger partial charge in [-0.1, -0.05) is 72.8 Å². The molecule has 0 bridgehead atoms. The molecular formula is C31H30F3N3O2. The summed E-state index contributed by atoms with van der Waals surface area (Å²) in [4.78, 5) is 22.2. The summed E-state index contributed by atoms with van der Waals surface area (Å²) in [7, 11) is 0. The number of H-pyrrole nitrogens is 1. The van der Waals surface area contributed by atoms with Crippen molar-refractivity contribution in [2.45, 2.75) is 37.6 Å². The van der Waals surface area contributed by atoms with Crippen molar-refractivity contribution >= 4 is 5.91 Å². The number of carbonyl (C=O) groups is 1. The molecule has 0 spiro atoms. The summed E-state index contributed by atoms with van der Waals surface area (Å²) in [6, 6.07) is 25.5. The van der Waals surface area contributed by atoms with E-state index in [4.69, 9.17) is 4.74 Å². The van der Waals surface area contributed by atoms with Gasteiger partial charge in [-0.2, -0.15) is 13.2 Å². The number of likely N-dealkylation sites (tertiary alicyclic amines) is 1. The average molecular weight is 534 g/mol. The first kappa shape index (κ1) is 26.7. The van der Waals surface area contributed by atoms with Gasteiger partial charge < -0.3 is 14.6 Å². The number of amides is 1. The van der Waals surface area contributed by atoms with Crippen molar-refractivity contribution in [1.82, 2.24) is 14.9 Å². The van der Waals surface area contributed by atoms with Crippen LogP contribution in [0.4, 0.5) is 13.2 Å². The molecule has 1 aliphatic heterocycles. The number of benzene rings is 3. The fraction of sp³-hybridized carbons (Fsp3) is 0.290. The zero-order chi connectivity index (χ0) is 27.2. The Labute approximate surface area is 225 Å². The van der Waals surface area contributed by atoms with E-state index in [2.05, 4.69) is 34.2 Å². The van der Waals surface area contributed by atoms with Gasteiger partial charge in [-0.15, -0.1) is 0 Å². The van der Waals surface area contributed by atoms with Gasteiger partial charge in [0.2, 0.25) is 5.91 Å². The van der Waals surface area contributed by atoms with E-state index in [1.54, 1.807) is 12.5 Å². The molecule has 1 N–H and O–H groups in total. The molecule has 2 heterocycles. The third-order valence-electron chi connectivity index (χ3n) is 7.33. The predicted octanol–water partition coefficient (Wildman–Crippen LogP) is 6.24. The van der Waals surface area contributed by atoms with Crippen molar-refractivity contribution in [3.8, 4) is 0 Å². The van der Waals surface area contributed by atoms with E-state index in [1.165, 1.54) is 12.1 Å². The Morgan fingerprint density at radius 3 is 2.18 bits per heavy atom. The lowest BCUT2D eigenvalue weighted by Gasteiger charge is -2.42. The van der Waals surface area contributed by atoms with Gasteiger partial charge in [0.1, 0.15) is 0 Å². The van der Waals surface area contributed by atoms with Crippen molar-refractivity contribution in [3.63, 3.8) is 0 Å². The fourth-order valence-corrected chi connectivity index (χ4v) is 5.37. The van der Waals surface area contributed by atoms with Crippen LogP contribution in [0.5, 0.6) is 0 Å². The van der Waals surface area contributed by atoms with Crippen molar-refractivity contribution < 1.29 is 22.7 Å². The molecular weight excluding hydrogens is 503 g/mol. The van der Waals surface area contributed by atoms with Crippen molar-refractivity contribution in [3.05, 3.63) is 125 Å². The highest BCUT2D eigenvalue weighted by Gasteiger charge is 2.38. The maximum Gasteiger partial charge on any atom is 0.416 e. The minimum atomic E-state index is -4.38. The van der Waals surface area contributed by atoms with E-state index in [1.807, 2.05) is 41.3 Å². The lowest BCUT2D eigenvalue weighted by atomic mass is 9.75. The van der Waals surface area contributed by atoms with E-state index in [9.17, 15) is 18.0 Å². The van der Waals surface area contributed by atoms with Gasteiger partial charge in [0, 0.05) is 36.8 Å². The Bertz CT molecular complexity index is 1290. The molecule has 39 heavy (non-hydrogen) atoms. The summed E-state index contributed by atoms with van der Waals surface area (Å²) in [6.07, 6.45) is -0.492. The Kier molecular flexibility index (Phi) is 8.12. The molecule has 8 heteroatoms. The van der Waals surface area contributed by atoms with Crippen LogP contribution in [0.25, 0.3) is 0 Å². The minimum absolute atomic E-state index is 0.0188. The van der Waals surface area contributed by atoms with Crippen LogP contribution in [0.2, 0.25) is 0 Å². The van der Waals surface area contributed by atoms with Gasteiger partial charge in [-0.05, 0) is 35.2 Å². The number of nitrogens with one attached hydrogen (secondary N) is 1. The first-order chi connectivity index (χ1) is 18.9. The molecule has 1 amide bonds. The number of alkyl halides is 3. The minimum Gasteiger partial charge on any atom is -0.373 e. The molecule has 4 aromatic rings. The monoisotopic (exact) mass is 533 g/mol. The SMILES string of the molecule is O=C(Cc1cnc[nH]1)N1CC[C@H](OCc2ccc(C(F)(F)F)cc2)[C@H](C(c2ccccc2)c2ccccc2)C1. The summed E-state index contributed by atoms with van der Waals surface area (Å²) in [5.41, 5.74) is 3.01. The highest BCUT2D eigenvalue weighted by molar-refractivity contribution is 5.78. The van der Waals surface area contributed by atoms with Crippen LogP contribution in [0, 0.1) is 5.92 Å². The number of carbonyl (C=O) groups excluding carboxylic acids is 1. The maximum atomic E-state index is 13.3. The number of piperidine rings is 1. The molecule has 0 unspecified atom stereocenters. The number of hydrogen-bond acceptors (Lipinski definition) is 3. The Morgan fingerprint density at radius 2 is 1.62 bits per heavy atom. The van der Waals surface area contributed by atoms with Crippen molar-refractivity contribution in [1.29, 1.82) is 0 Å². The van der Waals surface area contributed by atoms with E-state index in [-0.39, 0.29) is 36.9 Å². The molecule has 1 aromatic heterocycles. The second kappa shape index (κ2) is 11.9. The van der Waals surface area contributed by atoms with E-state index in [0.717, 1.165) is 29.0 Å². The third-order valence-corrected chi connectivity index (χ3v) is 7.33. The molecule has 202 valence electrons. The quantitative estimate of drug-likeness (QED) is 0.292. The Morgan fingerprint density at radius 1 is 0.974 bits per heavy atom. The summed E-state index contributed by atoms with van der Waals surface area (Å²) in [6.45, 7) is 1.23. The van der Waals surface area contributed by atoms with Gasteiger partial charge in [-0.3, -0.25) is 4.79 Å². The molecule has 1 saturated heterocycles. The van der Waals surface area contributed by atoms with Gasteiger partial charge >= 0.3 is 6.18 Å². The number of aromatic amines is 1. The molecule has 5 rings (SSSR count). The van der Waals surface area contributed by atoms with Gasteiger partial charge in [0.25, 0.3) is 0 Å². The van der Waals surface area contributed by atoms with Crippen LogP contribution in [-0.4, -0.2) is 40.0 Å². The molecule has 5 nitrogen and oxygen atoms in total. The number of nitrogens with zero attached hydrogens (tertiary/aromatic N) is 2. The van der Waals surface area contributed by atoms with Gasteiger partial charge in [0.05, 0.1) is 31.0 Å². The first-order valence-electron chi connectivity index (χ1n) is 13.0. The smallest absolute Gasteiger partial charge is 0.373 e. The normalized spacial score (nSPS) is 17.9. The van der Waals surface area contributed by atoms with E-state index in [0.29, 0.717) is 25.1 Å². The molecule has 0 radical (unpaired) electrons. The Balaban J connectivity index is 1.41. The number of rotatable bonds is 8. The second-order valence-corrected chi connectivity index (χ2v) is 9.89. The van der Waals surface area contributed by atoms with Crippen molar-refractivity contribution in [2.75, 3.05) is 13.1 Å². The van der Waals surface area contributed by atoms with Crippen LogP contribution in [0.1, 0.15) is 40.3 Å². The zero-order valence-electron chi connectivity index (χ0n) is 21.4. The highest BCUT2D eigenvalue weighted by Crippen LogP contribution is 2.39. The second-order valence-electron chi connectivity index (χ2n) is 9.89. The number of aromatic nitrogens is 2. The summed E-state index contributed by atoms with van der Waals surface area (Å²) < 4.78 is 45.5. The lowest BCUT2D eigenvalue weighted by molar-refractivity contribution is -0.138. The van der Waals surface area contributed by atoms with Gasteiger partial charge in [-0.25, -0.2) is 4.98 Å². The molecule has 0 saturated carbocycles. The first-order valence-corrected chi connectivity index (χ1v) is 13.0. The number of halogens is 3. The Hall–Kier alpha value is -3.91. The van der Waals surface area contributed by atoms with Crippen LogP contribution >= 0.6 is 0 Å². The van der Waals surface area contributed by atoms with Crippen LogP contribution in [-0.2, 0) is 28.7 Å². The van der Waals surface area contributed by atoms with E-state index < -0.39 is 11.7 Å². The molecule has 2 atom stereocenters. The van der Waals surface area contributed by atoms with Crippen LogP contribution in [0.15, 0.2) is 97.5 Å². The predicted molar refractivity (Wildman–Crippen MR) is 142 cm³/mol. The van der Waals surface area contributed by atoms with Crippen molar-refractivity contribution in [2.24, 2.45) is 5.92 Å². The summed E-state index contributed by atoms with van der Waals surface area (Å²) in [5.74, 6) is -0.0817. The number of ether oxygens (including phenoxy) is 1. The lowest BCUT2D eigenvalue weighted by Crippen LogP contribution is -2.49. The third kappa shape index (κ3) is 6.57. The standard InChI is InChI=1S/C31H30F3N3O2/c32-31(33,34)25-13-11-22(12-14-25)20-39-28-15-16-37(29(38)17-26-18-35-21-36-26)19-27(28)30(23-7-3-1-4-8-23)24-9-5-2-6-10-24/h1-14,18,21,27-28,30H,15-17,19-20H2,(H,35,36)/t27-,28+/m1/s1. The summed E-state index contributed by atoms with van der Waals surface area (Å²) in [5, 5.41) is 0. The van der Waals surface area contributed by atoms with E-state index >= 15 is 0 Å². The maximum absolute atomic E-state index is 13.3. The zero-order valence-corrected chi connectivity index (χ0v) is 21.4. The summed E-state index contributed by atoms with van der Waals surface area (Å²) >= 11 is 0. The molecule has 1 aliphatic rings. The van der Waals surface area contributed by atoms with Crippen LogP contribution in [0.3, 0.4) is 0 Å². The number of imidazole rings is 1. The molecule has 1 fully saturated rings. The topological polar surface area (TPSA) is 58.2 Å². The largest absolute Gasteiger partial charge is 0.416 e. The number of hydrogen-bond donors (Lipinski definition) is 1. The highest BCUT2D eigenvalue weighted by atomic mass is 19.4. The van der Waals surface area contributed by atoms with Gasteiger partial charge in [0.15, 0.2) is 0 Å². The molecule has 3 aromatic carbocycles. The average Bonchev–Trinajstić information content (AvgIpc) is 3.46. The molecule has 0 aliphatic carbocycles.